The van der Waals surface area contributed by atoms with Crippen molar-refractivity contribution in [1.82, 2.24) is 4.98 Å². The van der Waals surface area contributed by atoms with Gasteiger partial charge in [-0.15, -0.1) is 0 Å². The van der Waals surface area contributed by atoms with Crippen molar-refractivity contribution in [3.63, 3.8) is 0 Å². The third-order valence-corrected chi connectivity index (χ3v) is 10.8. The quantitative estimate of drug-likeness (QED) is 0.388. The molecule has 0 aromatic carbocycles. The number of halogens is 1. The van der Waals surface area contributed by atoms with Gasteiger partial charge >= 0.3 is 0 Å². The summed E-state index contributed by atoms with van der Waals surface area (Å²) < 4.78 is 12.1. The van der Waals surface area contributed by atoms with Gasteiger partial charge in [0.05, 0.1) is 18.9 Å². The van der Waals surface area contributed by atoms with Crippen LogP contribution in [0.15, 0.2) is 12.1 Å². The van der Waals surface area contributed by atoms with Gasteiger partial charge in [-0.3, -0.25) is 0 Å². The van der Waals surface area contributed by atoms with Crippen molar-refractivity contribution >= 4 is 19.9 Å². The van der Waals surface area contributed by atoms with Gasteiger partial charge in [0.25, 0.3) is 0 Å². The highest BCUT2D eigenvalue weighted by Gasteiger charge is 2.45. The fraction of sp³-hybridized carbons (Fsp3) is 0.722. The van der Waals surface area contributed by atoms with Crippen LogP contribution >= 0.6 is 11.6 Å². The molecule has 1 heterocycles. The third kappa shape index (κ3) is 4.94. The fourth-order valence-electron chi connectivity index (χ4n) is 3.56. The van der Waals surface area contributed by atoms with Gasteiger partial charge in [-0.05, 0) is 35.2 Å². The van der Waals surface area contributed by atoms with Crippen LogP contribution in [0.5, 0.6) is 5.75 Å². The van der Waals surface area contributed by atoms with E-state index in [9.17, 15) is 0 Å². The molecule has 0 N–H and O–H groups in total. The van der Waals surface area contributed by atoms with Crippen LogP contribution in [0.1, 0.15) is 60.6 Å². The van der Waals surface area contributed by atoms with Crippen molar-refractivity contribution in [3.8, 4) is 5.75 Å². The molecule has 3 nitrogen and oxygen atoms in total. The predicted octanol–water partition coefficient (Wildman–Crippen LogP) is 6.22. The van der Waals surface area contributed by atoms with Gasteiger partial charge in [-0.2, -0.15) is 0 Å². The topological polar surface area (TPSA) is 31.4 Å². The van der Waals surface area contributed by atoms with Crippen molar-refractivity contribution in [2.24, 2.45) is 0 Å². The summed E-state index contributed by atoms with van der Waals surface area (Å²) in [5.74, 6) is 0.650. The summed E-state index contributed by atoms with van der Waals surface area (Å²) in [5, 5.41) is 0.422. The lowest BCUT2D eigenvalue weighted by atomic mass is 10.3. The first-order valence-corrected chi connectivity index (χ1v) is 11.2. The molecule has 0 aliphatic rings. The van der Waals surface area contributed by atoms with Crippen LogP contribution in [-0.4, -0.2) is 19.9 Å². The van der Waals surface area contributed by atoms with Gasteiger partial charge in [-0.25, -0.2) is 4.98 Å². The third-order valence-electron chi connectivity index (χ3n) is 4.51. The molecular formula is C18H32ClNO2Si. The highest BCUT2D eigenvalue weighted by atomic mass is 35.5. The summed E-state index contributed by atoms with van der Waals surface area (Å²) in [6, 6.07) is 3.85. The van der Waals surface area contributed by atoms with Crippen LogP contribution < -0.4 is 4.74 Å². The average molecular weight is 358 g/mol. The monoisotopic (exact) mass is 357 g/mol. The minimum Gasteiger partial charge on any atom is -0.490 e. The Morgan fingerprint density at radius 1 is 1.04 bits per heavy atom. The Bertz CT molecular complexity index is 470. The number of ether oxygens (including phenoxy) is 1. The molecule has 23 heavy (non-hydrogen) atoms. The molecule has 0 bridgehead atoms. The zero-order chi connectivity index (χ0) is 17.6. The van der Waals surface area contributed by atoms with Gasteiger partial charge in [0.1, 0.15) is 0 Å². The van der Waals surface area contributed by atoms with Crippen molar-refractivity contribution in [3.05, 3.63) is 23.0 Å². The minimum atomic E-state index is -1.88. The van der Waals surface area contributed by atoms with Gasteiger partial charge in [0.2, 0.25) is 8.32 Å². The van der Waals surface area contributed by atoms with E-state index >= 15 is 0 Å². The molecular weight excluding hydrogens is 326 g/mol. The van der Waals surface area contributed by atoms with Crippen molar-refractivity contribution in [2.75, 3.05) is 6.61 Å². The Morgan fingerprint density at radius 2 is 1.61 bits per heavy atom. The second kappa shape index (κ2) is 9.05. The number of hydrogen-bond acceptors (Lipinski definition) is 3. The van der Waals surface area contributed by atoms with E-state index in [1.54, 1.807) is 0 Å². The zero-order valence-electron chi connectivity index (χ0n) is 15.6. The lowest BCUT2D eigenvalue weighted by Gasteiger charge is -2.42. The molecule has 0 amide bonds. The molecule has 0 radical (unpaired) electrons. The molecule has 0 spiro atoms. The molecule has 0 unspecified atom stereocenters. The van der Waals surface area contributed by atoms with Gasteiger partial charge in [0, 0.05) is 0 Å². The van der Waals surface area contributed by atoms with E-state index in [0.29, 0.717) is 40.7 Å². The van der Waals surface area contributed by atoms with Crippen molar-refractivity contribution < 1.29 is 9.16 Å². The smallest absolute Gasteiger partial charge is 0.200 e. The van der Waals surface area contributed by atoms with Gasteiger partial charge < -0.3 is 9.16 Å². The standard InChI is InChI=1S/C18H32ClNO2Si/c1-8-11-21-17-10-9-16(20-18(17)19)12-22-23(13(2)3,14(4)5)15(6)7/h9-10,13-15H,8,11-12H2,1-7H3. The lowest BCUT2D eigenvalue weighted by Crippen LogP contribution is -2.47. The lowest BCUT2D eigenvalue weighted by molar-refractivity contribution is 0.261. The van der Waals surface area contributed by atoms with Crippen molar-refractivity contribution in [1.29, 1.82) is 0 Å². The van der Waals surface area contributed by atoms with Crippen LogP contribution in [0.2, 0.25) is 21.8 Å². The molecule has 0 aliphatic heterocycles. The Labute approximate surface area is 147 Å². The predicted molar refractivity (Wildman–Crippen MR) is 101 cm³/mol. The van der Waals surface area contributed by atoms with Crippen LogP contribution in [0.25, 0.3) is 0 Å². The molecule has 132 valence electrons. The molecule has 0 saturated carbocycles. The number of hydrogen-bond donors (Lipinski definition) is 0. The maximum absolute atomic E-state index is 6.55. The Balaban J connectivity index is 2.88. The molecule has 1 aromatic rings. The second-order valence-electron chi connectivity index (χ2n) is 7.05. The van der Waals surface area contributed by atoms with Crippen LogP contribution in [0.4, 0.5) is 0 Å². The van der Waals surface area contributed by atoms with E-state index in [0.717, 1.165) is 12.1 Å². The summed E-state index contributed by atoms with van der Waals surface area (Å²) in [6.07, 6.45) is 0.951. The Morgan fingerprint density at radius 3 is 2.04 bits per heavy atom. The average Bonchev–Trinajstić information content (AvgIpc) is 2.45. The minimum absolute atomic E-state index is 0.422. The normalized spacial score (nSPS) is 12.5. The summed E-state index contributed by atoms with van der Waals surface area (Å²) in [5.41, 5.74) is 2.55. The van der Waals surface area contributed by atoms with E-state index in [4.69, 9.17) is 20.8 Å². The molecule has 0 atom stereocenters. The first kappa shape index (κ1) is 20.5. The van der Waals surface area contributed by atoms with E-state index in [1.165, 1.54) is 0 Å². The Hall–Kier alpha value is -0.583. The SMILES string of the molecule is CCCOc1ccc(CO[Si](C(C)C)(C(C)C)C(C)C)nc1Cl. The summed E-state index contributed by atoms with van der Waals surface area (Å²) >= 11 is 6.22. The van der Waals surface area contributed by atoms with E-state index in [-0.39, 0.29) is 0 Å². The molecule has 0 saturated heterocycles. The van der Waals surface area contributed by atoms with E-state index in [2.05, 4.69) is 53.5 Å². The van der Waals surface area contributed by atoms with Gasteiger partial charge in [0.15, 0.2) is 10.9 Å². The fourth-order valence-corrected chi connectivity index (χ4v) is 9.18. The van der Waals surface area contributed by atoms with E-state index in [1.807, 2.05) is 12.1 Å². The summed E-state index contributed by atoms with van der Waals surface area (Å²) in [7, 11) is -1.88. The second-order valence-corrected chi connectivity index (χ2v) is 12.9. The maximum Gasteiger partial charge on any atom is 0.200 e. The number of aromatic nitrogens is 1. The molecule has 0 aliphatic carbocycles. The van der Waals surface area contributed by atoms with Gasteiger partial charge in [-0.1, -0.05) is 60.1 Å². The largest absolute Gasteiger partial charge is 0.490 e. The molecule has 1 rings (SSSR count). The molecule has 0 fully saturated rings. The molecule has 1 aromatic heterocycles. The first-order valence-electron chi connectivity index (χ1n) is 8.67. The summed E-state index contributed by atoms with van der Waals surface area (Å²) in [4.78, 5) is 4.44. The van der Waals surface area contributed by atoms with E-state index < -0.39 is 8.32 Å². The first-order chi connectivity index (χ1) is 10.8. The van der Waals surface area contributed by atoms with Crippen LogP contribution in [-0.2, 0) is 11.0 Å². The number of rotatable bonds is 9. The summed E-state index contributed by atoms with van der Waals surface area (Å²) in [6.45, 7) is 17.0. The number of pyridine rings is 1. The highest BCUT2D eigenvalue weighted by molar-refractivity contribution is 6.77. The highest BCUT2D eigenvalue weighted by Crippen LogP contribution is 2.42. The van der Waals surface area contributed by atoms with Crippen LogP contribution in [0, 0.1) is 0 Å². The maximum atomic E-state index is 6.55. The van der Waals surface area contributed by atoms with Crippen LogP contribution in [0.3, 0.4) is 0 Å². The zero-order valence-corrected chi connectivity index (χ0v) is 17.4. The number of nitrogens with zero attached hydrogens (tertiary/aromatic N) is 1. The van der Waals surface area contributed by atoms with Crippen molar-refractivity contribution in [2.45, 2.75) is 78.1 Å². The molecule has 5 heteroatoms. The Kier molecular flexibility index (Phi) is 8.05.